The highest BCUT2D eigenvalue weighted by Gasteiger charge is 2.49. The van der Waals surface area contributed by atoms with Gasteiger partial charge in [-0.3, -0.25) is 9.36 Å². The van der Waals surface area contributed by atoms with Crippen LogP contribution < -0.4 is 4.90 Å². The summed E-state index contributed by atoms with van der Waals surface area (Å²) in [7, 11) is 3.72. The second kappa shape index (κ2) is 12.7. The first-order valence-corrected chi connectivity index (χ1v) is 14.5. The van der Waals surface area contributed by atoms with Gasteiger partial charge >= 0.3 is 5.97 Å². The van der Waals surface area contributed by atoms with Crippen LogP contribution in [0.25, 0.3) is 21.6 Å². The lowest BCUT2D eigenvalue weighted by atomic mass is 9.80. The van der Waals surface area contributed by atoms with Gasteiger partial charge in [0.2, 0.25) is 0 Å². The number of esters is 1. The fourth-order valence-corrected chi connectivity index (χ4v) is 5.93. The summed E-state index contributed by atoms with van der Waals surface area (Å²) >= 11 is 0. The van der Waals surface area contributed by atoms with Crippen molar-refractivity contribution < 1.29 is 19.0 Å². The summed E-state index contributed by atoms with van der Waals surface area (Å²) in [6.45, 7) is 1.29. The Hall–Kier alpha value is -5.29. The molecule has 2 aromatic heterocycles. The van der Waals surface area contributed by atoms with Gasteiger partial charge in [-0.25, -0.2) is 15.0 Å². The lowest BCUT2D eigenvalue weighted by Gasteiger charge is -2.37. The molecule has 0 unspecified atom stereocenters. The third kappa shape index (κ3) is 5.58. The normalized spacial score (nSPS) is 19.6. The van der Waals surface area contributed by atoms with Crippen molar-refractivity contribution in [3.05, 3.63) is 131 Å². The Morgan fingerprint density at radius 1 is 0.956 bits per heavy atom. The predicted molar refractivity (Wildman–Crippen MR) is 167 cm³/mol. The van der Waals surface area contributed by atoms with E-state index in [1.54, 1.807) is 10.9 Å². The Balaban J connectivity index is 1.44. The summed E-state index contributed by atoms with van der Waals surface area (Å²) in [6, 6.07) is 28.9. The Bertz CT molecular complexity index is 1710. The molecule has 1 aliphatic rings. The zero-order valence-electron chi connectivity index (χ0n) is 25.0. The van der Waals surface area contributed by atoms with E-state index in [4.69, 9.17) is 14.2 Å². The van der Waals surface area contributed by atoms with Gasteiger partial charge in [-0.15, -0.1) is 0 Å². The predicted octanol–water partition coefficient (Wildman–Crippen LogP) is 5.41. The van der Waals surface area contributed by atoms with Gasteiger partial charge in [0.15, 0.2) is 29.3 Å². The van der Waals surface area contributed by atoms with Gasteiger partial charge in [0.05, 0.1) is 19.0 Å². The average Bonchev–Trinajstić information content (AvgIpc) is 3.64. The van der Waals surface area contributed by atoms with Crippen molar-refractivity contribution in [2.45, 2.75) is 37.0 Å². The van der Waals surface area contributed by atoms with Crippen LogP contribution in [0.5, 0.6) is 0 Å². The minimum atomic E-state index is -1.04. The average molecular weight is 605 g/mol. The number of hydrogen-bond donors (Lipinski definition) is 0. The van der Waals surface area contributed by atoms with Crippen molar-refractivity contribution in [2.75, 3.05) is 25.6 Å². The lowest BCUT2D eigenvalue weighted by Crippen LogP contribution is -2.39. The molecule has 6 rings (SSSR count). The number of fused-ring (bicyclic) bond motifs is 1. The van der Waals surface area contributed by atoms with E-state index in [0.29, 0.717) is 17.0 Å². The van der Waals surface area contributed by atoms with Crippen LogP contribution in [0.15, 0.2) is 109 Å². The van der Waals surface area contributed by atoms with E-state index in [9.17, 15) is 10.3 Å². The van der Waals surface area contributed by atoms with Crippen molar-refractivity contribution in [1.29, 1.82) is 0 Å². The number of ether oxygens (including phenoxy) is 3. The Kier molecular flexibility index (Phi) is 8.43. The molecular weight excluding hydrogens is 572 g/mol. The molecule has 12 nitrogen and oxygen atoms in total. The van der Waals surface area contributed by atoms with E-state index in [1.807, 2.05) is 110 Å². The van der Waals surface area contributed by atoms with Crippen LogP contribution in [0.1, 0.15) is 29.8 Å². The summed E-state index contributed by atoms with van der Waals surface area (Å²) in [5.41, 5.74) is 12.3. The van der Waals surface area contributed by atoms with E-state index in [2.05, 4.69) is 25.0 Å². The number of aromatic nitrogens is 4. The van der Waals surface area contributed by atoms with Crippen LogP contribution in [-0.2, 0) is 24.6 Å². The molecule has 4 atom stereocenters. The van der Waals surface area contributed by atoms with Crippen molar-refractivity contribution in [1.82, 2.24) is 19.5 Å². The molecular formula is C33H32N8O4. The van der Waals surface area contributed by atoms with Crippen molar-refractivity contribution in [3.8, 4) is 0 Å². The number of rotatable bonds is 10. The first-order valence-electron chi connectivity index (χ1n) is 14.5. The second-order valence-corrected chi connectivity index (χ2v) is 10.8. The molecule has 0 amide bonds. The molecule has 228 valence electrons. The van der Waals surface area contributed by atoms with Gasteiger partial charge in [0.1, 0.15) is 18.0 Å². The third-order valence-corrected chi connectivity index (χ3v) is 7.84. The van der Waals surface area contributed by atoms with E-state index in [-0.39, 0.29) is 6.61 Å². The van der Waals surface area contributed by atoms with E-state index < -0.39 is 36.0 Å². The van der Waals surface area contributed by atoms with Crippen LogP contribution in [0, 0.1) is 0 Å². The molecule has 1 fully saturated rings. The first-order chi connectivity index (χ1) is 21.9. The molecule has 0 bridgehead atoms. The monoisotopic (exact) mass is 604 g/mol. The van der Waals surface area contributed by atoms with Gasteiger partial charge < -0.3 is 19.1 Å². The fourth-order valence-electron chi connectivity index (χ4n) is 5.93. The SMILES string of the molecule is CC(=O)O[C@H]1[C@H](N=[N+]=[N-])[C@@H](COC(c2ccccc2)(c2ccccc2)c2ccccc2)O[C@H]1n1cnc2c(N(C)C)ncnc21. The number of nitrogens with zero attached hydrogens (tertiary/aromatic N) is 8. The lowest BCUT2D eigenvalue weighted by molar-refractivity contribution is -0.153. The fraction of sp³-hybridized carbons (Fsp3) is 0.273. The van der Waals surface area contributed by atoms with Crippen LogP contribution in [0.2, 0.25) is 0 Å². The number of imidazole rings is 1. The maximum atomic E-state index is 12.3. The molecule has 3 aromatic carbocycles. The smallest absolute Gasteiger partial charge is 0.303 e. The molecule has 3 heterocycles. The molecule has 1 aliphatic heterocycles. The number of carbonyl (C=O) groups is 1. The summed E-state index contributed by atoms with van der Waals surface area (Å²) in [5.74, 6) is 0.0687. The standard InChI is InChI=1S/C33H32N8O4/c1-22(42)44-29-27(38-39-34)26(45-32(29)41-21-37-28-30(40(2)3)35-20-36-31(28)41)19-43-33(23-13-7-4-8-14-23,24-15-9-5-10-16-24)25-17-11-6-12-18-25/h4-18,20-21,26-27,29,32H,19H2,1-3H3/t26-,27-,29+,32-/m1/s1. The number of anilines is 1. The molecule has 0 saturated carbocycles. The van der Waals surface area contributed by atoms with Crippen molar-refractivity contribution in [3.63, 3.8) is 0 Å². The van der Waals surface area contributed by atoms with Crippen molar-refractivity contribution >= 4 is 23.0 Å². The highest BCUT2D eigenvalue weighted by Crippen LogP contribution is 2.43. The molecule has 1 saturated heterocycles. The zero-order valence-corrected chi connectivity index (χ0v) is 25.0. The minimum absolute atomic E-state index is 0.0127. The molecule has 0 N–H and O–H groups in total. The third-order valence-electron chi connectivity index (χ3n) is 7.84. The van der Waals surface area contributed by atoms with Crippen LogP contribution in [0.3, 0.4) is 0 Å². The maximum absolute atomic E-state index is 12.3. The summed E-state index contributed by atoms with van der Waals surface area (Å²) in [4.78, 5) is 30.6. The highest BCUT2D eigenvalue weighted by molar-refractivity contribution is 5.83. The Morgan fingerprint density at radius 3 is 2.04 bits per heavy atom. The van der Waals surface area contributed by atoms with Crippen molar-refractivity contribution in [2.24, 2.45) is 5.11 Å². The van der Waals surface area contributed by atoms with E-state index >= 15 is 0 Å². The number of hydrogen-bond acceptors (Lipinski definition) is 9. The van der Waals surface area contributed by atoms with Gasteiger partial charge in [-0.2, -0.15) is 0 Å². The maximum Gasteiger partial charge on any atom is 0.303 e. The number of carbonyl (C=O) groups excluding carboxylic acids is 1. The highest BCUT2D eigenvalue weighted by atomic mass is 16.6. The molecule has 12 heteroatoms. The van der Waals surface area contributed by atoms with Gasteiger partial charge in [-0.1, -0.05) is 96.1 Å². The second-order valence-electron chi connectivity index (χ2n) is 10.8. The Labute approximate surface area is 259 Å². The summed E-state index contributed by atoms with van der Waals surface area (Å²) in [6.07, 6.45) is 0.296. The largest absolute Gasteiger partial charge is 0.457 e. The summed E-state index contributed by atoms with van der Waals surface area (Å²) in [5, 5.41) is 4.07. The number of benzene rings is 3. The molecule has 45 heavy (non-hydrogen) atoms. The quantitative estimate of drug-likeness (QED) is 0.0678. The molecule has 5 aromatic rings. The van der Waals surface area contributed by atoms with E-state index in [0.717, 1.165) is 16.7 Å². The zero-order chi connectivity index (χ0) is 31.4. The van der Waals surface area contributed by atoms with Crippen LogP contribution >= 0.6 is 0 Å². The van der Waals surface area contributed by atoms with Gasteiger partial charge in [0, 0.05) is 25.9 Å². The minimum Gasteiger partial charge on any atom is -0.457 e. The molecule has 0 radical (unpaired) electrons. The molecule has 0 spiro atoms. The Morgan fingerprint density at radius 2 is 1.53 bits per heavy atom. The summed E-state index contributed by atoms with van der Waals surface area (Å²) < 4.78 is 21.0. The molecule has 0 aliphatic carbocycles. The first kappa shape index (κ1) is 29.8. The topological polar surface area (TPSA) is 140 Å². The number of azide groups is 1. The van der Waals surface area contributed by atoms with Gasteiger partial charge in [-0.05, 0) is 22.2 Å². The van der Waals surface area contributed by atoms with Crippen LogP contribution in [0.4, 0.5) is 5.82 Å². The van der Waals surface area contributed by atoms with Crippen LogP contribution in [-0.4, -0.2) is 64.4 Å². The van der Waals surface area contributed by atoms with E-state index in [1.165, 1.54) is 13.3 Å². The van der Waals surface area contributed by atoms with Gasteiger partial charge in [0.25, 0.3) is 0 Å².